The molecule has 0 bridgehead atoms. The third-order valence-corrected chi connectivity index (χ3v) is 4.75. The van der Waals surface area contributed by atoms with E-state index in [2.05, 4.69) is 5.32 Å². The van der Waals surface area contributed by atoms with Crippen LogP contribution in [-0.4, -0.2) is 10.8 Å². The molecule has 6 heteroatoms. The number of carbonyl (C=O) groups is 1. The molecule has 1 N–H and O–H groups in total. The molecule has 0 spiro atoms. The number of carbonyl (C=O) groups excluding carboxylic acids is 1. The lowest BCUT2D eigenvalue weighted by Gasteiger charge is -2.33. The lowest BCUT2D eigenvalue weighted by Crippen LogP contribution is -2.45. The summed E-state index contributed by atoms with van der Waals surface area (Å²) in [5.74, 6) is -0.118. The van der Waals surface area contributed by atoms with Crippen molar-refractivity contribution in [1.82, 2.24) is 5.32 Å². The summed E-state index contributed by atoms with van der Waals surface area (Å²) in [6.07, 6.45) is 1.67. The van der Waals surface area contributed by atoms with Crippen LogP contribution in [-0.2, 0) is 16.8 Å². The van der Waals surface area contributed by atoms with Gasteiger partial charge in [0.2, 0.25) is 5.91 Å². The molecule has 0 aliphatic carbocycles. The summed E-state index contributed by atoms with van der Waals surface area (Å²) >= 11 is 5.96. The minimum atomic E-state index is -0.456. The number of nitro benzene ring substituents is 1. The number of rotatable bonds is 7. The van der Waals surface area contributed by atoms with E-state index in [-0.39, 0.29) is 18.0 Å². The Balaban J connectivity index is 2.14. The van der Waals surface area contributed by atoms with Gasteiger partial charge in [0.05, 0.1) is 16.9 Å². The Morgan fingerprint density at radius 1 is 1.08 bits per heavy atom. The van der Waals surface area contributed by atoms with Gasteiger partial charge in [-0.25, -0.2) is 0 Å². The van der Waals surface area contributed by atoms with E-state index >= 15 is 0 Å². The van der Waals surface area contributed by atoms with Gasteiger partial charge in [0.1, 0.15) is 0 Å². The molecule has 0 atom stereocenters. The zero-order chi connectivity index (χ0) is 18.4. The highest BCUT2D eigenvalue weighted by atomic mass is 35.5. The van der Waals surface area contributed by atoms with Crippen molar-refractivity contribution in [2.45, 2.75) is 38.6 Å². The largest absolute Gasteiger partial charge is 0.346 e. The van der Waals surface area contributed by atoms with E-state index in [0.717, 1.165) is 24.0 Å². The van der Waals surface area contributed by atoms with E-state index in [4.69, 9.17) is 11.6 Å². The van der Waals surface area contributed by atoms with Crippen molar-refractivity contribution in [3.63, 3.8) is 0 Å². The summed E-state index contributed by atoms with van der Waals surface area (Å²) in [6.45, 7) is 4.06. The summed E-state index contributed by atoms with van der Waals surface area (Å²) in [6, 6.07) is 13.5. The molecular formula is C19H21ClN2O3. The number of hydrogen-bond acceptors (Lipinski definition) is 3. The quantitative estimate of drug-likeness (QED) is 0.578. The molecule has 0 fully saturated rings. The molecule has 1 amide bonds. The molecular weight excluding hydrogens is 340 g/mol. The average Bonchev–Trinajstić information content (AvgIpc) is 2.61. The molecule has 132 valence electrons. The van der Waals surface area contributed by atoms with Crippen LogP contribution in [0.5, 0.6) is 0 Å². The molecule has 0 saturated heterocycles. The van der Waals surface area contributed by atoms with Gasteiger partial charge in [-0.05, 0) is 36.1 Å². The van der Waals surface area contributed by atoms with Gasteiger partial charge in [0.15, 0.2) is 0 Å². The monoisotopic (exact) mass is 360 g/mol. The summed E-state index contributed by atoms with van der Waals surface area (Å²) in [5, 5.41) is 14.5. The number of nitrogens with zero attached hydrogens (tertiary/aromatic N) is 1. The lowest BCUT2D eigenvalue weighted by atomic mass is 9.84. The minimum Gasteiger partial charge on any atom is -0.346 e. The van der Waals surface area contributed by atoms with E-state index in [1.807, 2.05) is 38.1 Å². The van der Waals surface area contributed by atoms with E-state index < -0.39 is 10.5 Å². The summed E-state index contributed by atoms with van der Waals surface area (Å²) in [4.78, 5) is 22.8. The Morgan fingerprint density at radius 2 is 1.64 bits per heavy atom. The van der Waals surface area contributed by atoms with Gasteiger partial charge in [-0.2, -0.15) is 0 Å². The SMILES string of the molecule is CCC(CC)(NC(=O)Cc1ccc([N+](=O)[O-])cc1)c1ccc(Cl)cc1. The van der Waals surface area contributed by atoms with Crippen molar-refractivity contribution < 1.29 is 9.72 Å². The number of nitrogens with one attached hydrogen (secondary N) is 1. The first-order chi connectivity index (χ1) is 11.9. The molecule has 0 aliphatic rings. The smallest absolute Gasteiger partial charge is 0.269 e. The van der Waals surface area contributed by atoms with Crippen molar-refractivity contribution in [3.8, 4) is 0 Å². The number of hydrogen-bond donors (Lipinski definition) is 1. The van der Waals surface area contributed by atoms with Crippen LogP contribution in [0, 0.1) is 10.1 Å². The molecule has 25 heavy (non-hydrogen) atoms. The molecule has 2 aromatic carbocycles. The second-order valence-corrected chi connectivity index (χ2v) is 6.38. The van der Waals surface area contributed by atoms with Crippen LogP contribution in [0.25, 0.3) is 0 Å². The van der Waals surface area contributed by atoms with E-state index in [1.54, 1.807) is 12.1 Å². The Bertz CT molecular complexity index is 738. The lowest BCUT2D eigenvalue weighted by molar-refractivity contribution is -0.384. The van der Waals surface area contributed by atoms with E-state index in [1.165, 1.54) is 12.1 Å². The van der Waals surface area contributed by atoms with Crippen LogP contribution in [0.2, 0.25) is 5.02 Å². The van der Waals surface area contributed by atoms with Gasteiger partial charge in [-0.1, -0.05) is 49.7 Å². The maximum absolute atomic E-state index is 12.5. The predicted octanol–water partition coefficient (Wildman–Crippen LogP) is 4.62. The zero-order valence-corrected chi connectivity index (χ0v) is 15.0. The number of benzene rings is 2. The first-order valence-electron chi connectivity index (χ1n) is 8.20. The molecule has 0 saturated carbocycles. The summed E-state index contributed by atoms with van der Waals surface area (Å²) in [7, 11) is 0. The van der Waals surface area contributed by atoms with Crippen LogP contribution >= 0.6 is 11.6 Å². The third kappa shape index (κ3) is 4.57. The van der Waals surface area contributed by atoms with Crippen molar-refractivity contribution in [2.75, 3.05) is 0 Å². The van der Waals surface area contributed by atoms with Crippen molar-refractivity contribution in [3.05, 3.63) is 74.8 Å². The maximum atomic E-state index is 12.5. The Morgan fingerprint density at radius 3 is 2.12 bits per heavy atom. The molecule has 5 nitrogen and oxygen atoms in total. The summed E-state index contributed by atoms with van der Waals surface area (Å²) < 4.78 is 0. The molecule has 2 rings (SSSR count). The predicted molar refractivity (Wildman–Crippen MR) is 98.7 cm³/mol. The molecule has 0 unspecified atom stereocenters. The molecule has 2 aromatic rings. The molecule has 0 aliphatic heterocycles. The minimum absolute atomic E-state index is 0.0155. The highest BCUT2D eigenvalue weighted by molar-refractivity contribution is 6.30. The highest BCUT2D eigenvalue weighted by Gasteiger charge is 2.30. The van der Waals surface area contributed by atoms with Gasteiger partial charge < -0.3 is 5.32 Å². The van der Waals surface area contributed by atoms with Crippen LogP contribution in [0.3, 0.4) is 0 Å². The fourth-order valence-corrected chi connectivity index (χ4v) is 3.03. The topological polar surface area (TPSA) is 72.2 Å². The van der Waals surface area contributed by atoms with Gasteiger partial charge in [0, 0.05) is 17.2 Å². The fourth-order valence-electron chi connectivity index (χ4n) is 2.91. The van der Waals surface area contributed by atoms with E-state index in [9.17, 15) is 14.9 Å². The van der Waals surface area contributed by atoms with Gasteiger partial charge in [-0.15, -0.1) is 0 Å². The Kier molecular flexibility index (Phi) is 6.15. The standard InChI is InChI=1S/C19H21ClN2O3/c1-3-19(4-2,15-7-9-16(20)10-8-15)21-18(23)13-14-5-11-17(12-6-14)22(24)25/h5-12H,3-4,13H2,1-2H3,(H,21,23). The molecule has 0 aromatic heterocycles. The zero-order valence-electron chi connectivity index (χ0n) is 14.3. The first-order valence-corrected chi connectivity index (χ1v) is 8.58. The number of non-ortho nitro benzene ring substituents is 1. The van der Waals surface area contributed by atoms with Crippen molar-refractivity contribution >= 4 is 23.2 Å². The number of halogens is 1. The Labute approximate surface area is 152 Å². The Hall–Kier alpha value is -2.40. The normalized spacial score (nSPS) is 11.2. The summed E-state index contributed by atoms with van der Waals surface area (Å²) in [5.41, 5.74) is 1.31. The third-order valence-electron chi connectivity index (χ3n) is 4.49. The van der Waals surface area contributed by atoms with Crippen LogP contribution < -0.4 is 5.32 Å². The van der Waals surface area contributed by atoms with Crippen molar-refractivity contribution in [2.24, 2.45) is 0 Å². The second-order valence-electron chi connectivity index (χ2n) is 5.94. The number of amides is 1. The van der Waals surface area contributed by atoms with Crippen molar-refractivity contribution in [1.29, 1.82) is 0 Å². The van der Waals surface area contributed by atoms with E-state index in [0.29, 0.717) is 5.02 Å². The van der Waals surface area contributed by atoms with Gasteiger partial charge in [0.25, 0.3) is 5.69 Å². The highest BCUT2D eigenvalue weighted by Crippen LogP contribution is 2.30. The molecule has 0 heterocycles. The fraction of sp³-hybridized carbons (Fsp3) is 0.316. The van der Waals surface area contributed by atoms with Gasteiger partial charge in [-0.3, -0.25) is 14.9 Å². The number of nitro groups is 1. The van der Waals surface area contributed by atoms with Crippen LogP contribution in [0.1, 0.15) is 37.8 Å². The van der Waals surface area contributed by atoms with Crippen LogP contribution in [0.15, 0.2) is 48.5 Å². The first kappa shape index (κ1) is 18.9. The maximum Gasteiger partial charge on any atom is 0.269 e. The average molecular weight is 361 g/mol. The molecule has 0 radical (unpaired) electrons. The van der Waals surface area contributed by atoms with Gasteiger partial charge >= 0.3 is 0 Å². The van der Waals surface area contributed by atoms with Crippen LogP contribution in [0.4, 0.5) is 5.69 Å². The second kappa shape index (κ2) is 8.12.